The van der Waals surface area contributed by atoms with E-state index in [1.54, 1.807) is 23.3 Å². The molecule has 0 aliphatic carbocycles. The number of carbonyl (C=O) groups excluding carboxylic acids is 1. The quantitative estimate of drug-likeness (QED) is 0.616. The normalized spacial score (nSPS) is 10.5. The van der Waals surface area contributed by atoms with Crippen molar-refractivity contribution in [3.8, 4) is 17.1 Å². The Morgan fingerprint density at radius 2 is 1.50 bits per heavy atom. The summed E-state index contributed by atoms with van der Waals surface area (Å²) >= 11 is 0. The molecule has 0 spiro atoms. The standard InChI is InChI=1S/C20H15N5O/c26-20(16-11-23-25(14-16)18-9-5-2-6-10-18)24-17-12-21-19(22-13-17)15-7-3-1-4-8-15/h1-14H,(H,24,26). The highest BCUT2D eigenvalue weighted by molar-refractivity contribution is 6.03. The van der Waals surface area contributed by atoms with E-state index in [-0.39, 0.29) is 5.91 Å². The van der Waals surface area contributed by atoms with Gasteiger partial charge in [-0.3, -0.25) is 4.79 Å². The average molecular weight is 341 g/mol. The van der Waals surface area contributed by atoms with E-state index in [0.29, 0.717) is 17.1 Å². The first-order chi connectivity index (χ1) is 12.8. The molecule has 126 valence electrons. The van der Waals surface area contributed by atoms with E-state index in [9.17, 15) is 4.79 Å². The Bertz CT molecular complexity index is 1010. The van der Waals surface area contributed by atoms with Gasteiger partial charge in [0.15, 0.2) is 5.82 Å². The van der Waals surface area contributed by atoms with E-state index >= 15 is 0 Å². The second-order valence-corrected chi connectivity index (χ2v) is 5.62. The summed E-state index contributed by atoms with van der Waals surface area (Å²) < 4.78 is 1.66. The van der Waals surface area contributed by atoms with Crippen LogP contribution in [0.15, 0.2) is 85.5 Å². The minimum absolute atomic E-state index is 0.261. The van der Waals surface area contributed by atoms with Gasteiger partial charge in [0.05, 0.1) is 35.5 Å². The molecule has 0 atom stereocenters. The molecule has 2 aromatic heterocycles. The molecular weight excluding hydrogens is 326 g/mol. The van der Waals surface area contributed by atoms with Gasteiger partial charge in [0.25, 0.3) is 5.91 Å². The van der Waals surface area contributed by atoms with Crippen molar-refractivity contribution in [3.63, 3.8) is 0 Å². The summed E-state index contributed by atoms with van der Waals surface area (Å²) in [6.07, 6.45) is 6.40. The lowest BCUT2D eigenvalue weighted by molar-refractivity contribution is 0.102. The molecule has 26 heavy (non-hydrogen) atoms. The Hall–Kier alpha value is -3.80. The monoisotopic (exact) mass is 341 g/mol. The maximum Gasteiger partial charge on any atom is 0.258 e. The van der Waals surface area contributed by atoms with Crippen LogP contribution in [0.5, 0.6) is 0 Å². The summed E-state index contributed by atoms with van der Waals surface area (Å²) in [4.78, 5) is 21.0. The number of aromatic nitrogens is 4. The summed E-state index contributed by atoms with van der Waals surface area (Å²) in [5, 5.41) is 7.01. The van der Waals surface area contributed by atoms with Gasteiger partial charge in [0.2, 0.25) is 0 Å². The van der Waals surface area contributed by atoms with Gasteiger partial charge >= 0.3 is 0 Å². The van der Waals surface area contributed by atoms with Gasteiger partial charge in [0.1, 0.15) is 0 Å². The highest BCUT2D eigenvalue weighted by atomic mass is 16.1. The molecule has 0 saturated carbocycles. The number of anilines is 1. The number of hydrogen-bond acceptors (Lipinski definition) is 4. The third kappa shape index (κ3) is 3.34. The Morgan fingerprint density at radius 3 is 2.19 bits per heavy atom. The number of rotatable bonds is 4. The molecule has 0 radical (unpaired) electrons. The molecule has 0 saturated heterocycles. The van der Waals surface area contributed by atoms with Crippen LogP contribution in [-0.4, -0.2) is 25.7 Å². The van der Waals surface area contributed by atoms with Gasteiger partial charge in [-0.15, -0.1) is 0 Å². The second-order valence-electron chi connectivity index (χ2n) is 5.62. The molecule has 4 rings (SSSR count). The number of para-hydroxylation sites is 1. The lowest BCUT2D eigenvalue weighted by atomic mass is 10.2. The van der Waals surface area contributed by atoms with Gasteiger partial charge in [-0.1, -0.05) is 48.5 Å². The summed E-state index contributed by atoms with van der Waals surface area (Å²) in [5.41, 5.74) is 2.81. The number of hydrogen-bond donors (Lipinski definition) is 1. The van der Waals surface area contributed by atoms with Crippen LogP contribution in [0.4, 0.5) is 5.69 Å². The maximum atomic E-state index is 12.4. The third-order valence-corrected chi connectivity index (χ3v) is 3.81. The highest BCUT2D eigenvalue weighted by Crippen LogP contribution is 2.15. The molecule has 0 unspecified atom stereocenters. The molecule has 0 aliphatic heterocycles. The predicted octanol–water partition coefficient (Wildman–Crippen LogP) is 3.58. The molecule has 2 aromatic carbocycles. The first-order valence-corrected chi connectivity index (χ1v) is 8.08. The summed E-state index contributed by atoms with van der Waals surface area (Å²) in [7, 11) is 0. The van der Waals surface area contributed by atoms with Crippen LogP contribution in [0.25, 0.3) is 17.1 Å². The van der Waals surface area contributed by atoms with E-state index in [4.69, 9.17) is 0 Å². The topological polar surface area (TPSA) is 72.7 Å². The molecule has 6 nitrogen and oxygen atoms in total. The molecule has 0 bridgehead atoms. The van der Waals surface area contributed by atoms with Crippen LogP contribution in [0.3, 0.4) is 0 Å². The number of amides is 1. The smallest absolute Gasteiger partial charge is 0.258 e. The van der Waals surface area contributed by atoms with Gasteiger partial charge < -0.3 is 5.32 Å². The van der Waals surface area contributed by atoms with Gasteiger partial charge in [-0.25, -0.2) is 14.6 Å². The summed E-state index contributed by atoms with van der Waals surface area (Å²) in [6, 6.07) is 19.3. The van der Waals surface area contributed by atoms with Gasteiger partial charge in [0, 0.05) is 11.8 Å². The summed E-state index contributed by atoms with van der Waals surface area (Å²) in [6.45, 7) is 0. The molecular formula is C20H15N5O. The maximum absolute atomic E-state index is 12.4. The first kappa shape index (κ1) is 15.7. The fraction of sp³-hybridized carbons (Fsp3) is 0. The molecule has 0 fully saturated rings. The Morgan fingerprint density at radius 1 is 0.846 bits per heavy atom. The zero-order valence-corrected chi connectivity index (χ0v) is 13.8. The van der Waals surface area contributed by atoms with Crippen LogP contribution in [0, 0.1) is 0 Å². The van der Waals surface area contributed by atoms with E-state index in [2.05, 4.69) is 20.4 Å². The molecule has 4 aromatic rings. The SMILES string of the molecule is O=C(Nc1cnc(-c2ccccc2)nc1)c1cnn(-c2ccccc2)c1. The van der Waals surface area contributed by atoms with Crippen molar-refractivity contribution < 1.29 is 4.79 Å². The predicted molar refractivity (Wildman–Crippen MR) is 99.0 cm³/mol. The minimum atomic E-state index is -0.261. The fourth-order valence-corrected chi connectivity index (χ4v) is 2.49. The van der Waals surface area contributed by atoms with Crippen LogP contribution >= 0.6 is 0 Å². The number of carbonyl (C=O) groups is 1. The summed E-state index contributed by atoms with van der Waals surface area (Å²) in [5.74, 6) is 0.351. The largest absolute Gasteiger partial charge is 0.319 e. The van der Waals surface area contributed by atoms with Crippen LogP contribution in [0.1, 0.15) is 10.4 Å². The highest BCUT2D eigenvalue weighted by Gasteiger charge is 2.10. The van der Waals surface area contributed by atoms with Crippen molar-refractivity contribution in [3.05, 3.63) is 91.0 Å². The zero-order chi connectivity index (χ0) is 17.8. The molecule has 0 aliphatic rings. The number of nitrogens with zero attached hydrogens (tertiary/aromatic N) is 4. The van der Waals surface area contributed by atoms with Crippen LogP contribution in [-0.2, 0) is 0 Å². The average Bonchev–Trinajstić information content (AvgIpc) is 3.20. The molecule has 1 amide bonds. The van der Waals surface area contributed by atoms with E-state index in [1.807, 2.05) is 60.7 Å². The fourth-order valence-electron chi connectivity index (χ4n) is 2.49. The third-order valence-electron chi connectivity index (χ3n) is 3.81. The zero-order valence-electron chi connectivity index (χ0n) is 13.8. The van der Waals surface area contributed by atoms with E-state index in [1.165, 1.54) is 6.20 Å². The molecule has 6 heteroatoms. The van der Waals surface area contributed by atoms with Crippen molar-refractivity contribution in [1.82, 2.24) is 19.7 Å². The van der Waals surface area contributed by atoms with Crippen LogP contribution in [0.2, 0.25) is 0 Å². The molecule has 1 N–H and O–H groups in total. The lowest BCUT2D eigenvalue weighted by Crippen LogP contribution is -2.11. The van der Waals surface area contributed by atoms with Gasteiger partial charge in [-0.2, -0.15) is 5.10 Å². The second kappa shape index (κ2) is 6.98. The Kier molecular flexibility index (Phi) is 4.22. The Labute approximate surface area is 150 Å². The van der Waals surface area contributed by atoms with Crippen LogP contribution < -0.4 is 5.32 Å². The van der Waals surface area contributed by atoms with E-state index in [0.717, 1.165) is 11.3 Å². The van der Waals surface area contributed by atoms with Crippen molar-refractivity contribution in [2.45, 2.75) is 0 Å². The van der Waals surface area contributed by atoms with Crippen molar-refractivity contribution in [2.75, 3.05) is 5.32 Å². The van der Waals surface area contributed by atoms with Crippen molar-refractivity contribution in [2.24, 2.45) is 0 Å². The van der Waals surface area contributed by atoms with Gasteiger partial charge in [-0.05, 0) is 12.1 Å². The van der Waals surface area contributed by atoms with Crippen molar-refractivity contribution >= 4 is 11.6 Å². The number of nitrogens with one attached hydrogen (secondary N) is 1. The minimum Gasteiger partial charge on any atom is -0.319 e. The van der Waals surface area contributed by atoms with E-state index < -0.39 is 0 Å². The first-order valence-electron chi connectivity index (χ1n) is 8.08. The Balaban J connectivity index is 1.48. The van der Waals surface area contributed by atoms with Crippen molar-refractivity contribution in [1.29, 1.82) is 0 Å². The molecule has 2 heterocycles. The number of benzene rings is 2. The lowest BCUT2D eigenvalue weighted by Gasteiger charge is -2.04.